The van der Waals surface area contributed by atoms with Crippen molar-refractivity contribution >= 4 is 0 Å². The highest BCUT2D eigenvalue weighted by Gasteiger charge is 2.41. The molecular formula is C11H19NO. The lowest BCUT2D eigenvalue weighted by atomic mass is 9.99. The highest BCUT2D eigenvalue weighted by molar-refractivity contribution is 5.13. The fourth-order valence-corrected chi connectivity index (χ4v) is 2.42. The number of aliphatic hydroxyl groups excluding tert-OH is 1. The van der Waals surface area contributed by atoms with Crippen molar-refractivity contribution in [3.8, 4) is 0 Å². The maximum Gasteiger partial charge on any atom is 0.0930 e. The molecule has 0 amide bonds. The van der Waals surface area contributed by atoms with Crippen LogP contribution in [0.3, 0.4) is 0 Å². The maximum atomic E-state index is 9.62. The quantitative estimate of drug-likeness (QED) is 0.619. The summed E-state index contributed by atoms with van der Waals surface area (Å²) >= 11 is 0. The lowest BCUT2D eigenvalue weighted by Gasteiger charge is -2.32. The Morgan fingerprint density at radius 2 is 2.08 bits per heavy atom. The topological polar surface area (TPSA) is 23.5 Å². The summed E-state index contributed by atoms with van der Waals surface area (Å²) in [6, 6.07) is 0. The smallest absolute Gasteiger partial charge is 0.0930 e. The molecule has 13 heavy (non-hydrogen) atoms. The molecule has 0 bridgehead atoms. The fourth-order valence-electron chi connectivity index (χ4n) is 2.42. The number of hydrogen-bond acceptors (Lipinski definition) is 2. The molecule has 2 heteroatoms. The van der Waals surface area contributed by atoms with Crippen molar-refractivity contribution in [2.45, 2.75) is 32.7 Å². The molecule has 0 spiro atoms. The molecule has 74 valence electrons. The Hall–Kier alpha value is -0.500. The van der Waals surface area contributed by atoms with E-state index in [9.17, 15) is 5.11 Å². The predicted molar refractivity (Wildman–Crippen MR) is 53.6 cm³/mol. The van der Waals surface area contributed by atoms with Crippen LogP contribution in [0.15, 0.2) is 11.8 Å². The van der Waals surface area contributed by atoms with E-state index < -0.39 is 0 Å². The number of aliphatic hydroxyl groups is 1. The van der Waals surface area contributed by atoms with Gasteiger partial charge in [0.05, 0.1) is 5.76 Å². The van der Waals surface area contributed by atoms with Gasteiger partial charge in [-0.2, -0.15) is 0 Å². The molecule has 1 heterocycles. The SMILES string of the molecule is CC(C)(C)N1C[C@H]2CC=C(O)[C@@H]2C1. The molecule has 1 aliphatic carbocycles. The van der Waals surface area contributed by atoms with E-state index in [1.165, 1.54) is 0 Å². The molecule has 0 aromatic rings. The summed E-state index contributed by atoms with van der Waals surface area (Å²) in [6.45, 7) is 8.92. The van der Waals surface area contributed by atoms with Gasteiger partial charge < -0.3 is 5.11 Å². The van der Waals surface area contributed by atoms with Gasteiger partial charge in [0.2, 0.25) is 0 Å². The van der Waals surface area contributed by atoms with Gasteiger partial charge in [-0.25, -0.2) is 0 Å². The second kappa shape index (κ2) is 2.74. The van der Waals surface area contributed by atoms with Crippen molar-refractivity contribution < 1.29 is 5.11 Å². The first-order valence-corrected chi connectivity index (χ1v) is 5.12. The van der Waals surface area contributed by atoms with Crippen molar-refractivity contribution in [3.63, 3.8) is 0 Å². The number of rotatable bonds is 0. The van der Waals surface area contributed by atoms with Crippen molar-refractivity contribution in [1.29, 1.82) is 0 Å². The first kappa shape index (κ1) is 9.07. The normalized spacial score (nSPS) is 34.8. The number of hydrogen-bond donors (Lipinski definition) is 1. The molecule has 0 saturated carbocycles. The molecule has 0 unspecified atom stereocenters. The number of fused-ring (bicyclic) bond motifs is 1. The first-order chi connectivity index (χ1) is 5.98. The van der Waals surface area contributed by atoms with Crippen LogP contribution in [0, 0.1) is 11.8 Å². The van der Waals surface area contributed by atoms with Crippen LogP contribution >= 0.6 is 0 Å². The monoisotopic (exact) mass is 181 g/mol. The minimum atomic E-state index is 0.255. The van der Waals surface area contributed by atoms with Gasteiger partial charge in [0.25, 0.3) is 0 Å². The summed E-state index contributed by atoms with van der Waals surface area (Å²) in [5, 5.41) is 9.62. The van der Waals surface area contributed by atoms with Gasteiger partial charge in [-0.05, 0) is 39.2 Å². The zero-order chi connectivity index (χ0) is 9.64. The van der Waals surface area contributed by atoms with E-state index in [2.05, 4.69) is 25.7 Å². The van der Waals surface area contributed by atoms with Crippen molar-refractivity contribution in [2.75, 3.05) is 13.1 Å². The van der Waals surface area contributed by atoms with Gasteiger partial charge in [-0.3, -0.25) is 4.90 Å². The predicted octanol–water partition coefficient (Wildman–Crippen LogP) is 2.18. The van der Waals surface area contributed by atoms with Crippen LogP contribution < -0.4 is 0 Å². The summed E-state index contributed by atoms with van der Waals surface area (Å²) in [4.78, 5) is 2.48. The molecule has 1 aliphatic heterocycles. The Balaban J connectivity index is 2.07. The second-order valence-corrected chi connectivity index (χ2v) is 5.31. The van der Waals surface area contributed by atoms with Crippen molar-refractivity contribution in [1.82, 2.24) is 4.90 Å². The summed E-state index contributed by atoms with van der Waals surface area (Å²) in [6.07, 6.45) is 3.07. The van der Waals surface area contributed by atoms with Crippen molar-refractivity contribution in [2.24, 2.45) is 11.8 Å². The van der Waals surface area contributed by atoms with Crippen LogP contribution in [0.1, 0.15) is 27.2 Å². The van der Waals surface area contributed by atoms with Crippen LogP contribution in [0.25, 0.3) is 0 Å². The van der Waals surface area contributed by atoms with Gasteiger partial charge in [-0.1, -0.05) is 0 Å². The number of allylic oxidation sites excluding steroid dienone is 1. The molecule has 0 aromatic carbocycles. The summed E-state index contributed by atoms with van der Waals surface area (Å²) in [5.41, 5.74) is 0.255. The van der Waals surface area contributed by atoms with E-state index in [0.717, 1.165) is 19.5 Å². The average molecular weight is 181 g/mol. The van der Waals surface area contributed by atoms with Gasteiger partial charge >= 0.3 is 0 Å². The molecule has 0 aromatic heterocycles. The second-order valence-electron chi connectivity index (χ2n) is 5.31. The Kier molecular flexibility index (Phi) is 1.91. The first-order valence-electron chi connectivity index (χ1n) is 5.12. The molecule has 1 fully saturated rings. The third-order valence-corrected chi connectivity index (χ3v) is 3.40. The van der Waals surface area contributed by atoms with Crippen LogP contribution in [-0.2, 0) is 0 Å². The highest BCUT2D eigenvalue weighted by Crippen LogP contribution is 2.39. The molecule has 1 N–H and O–H groups in total. The summed E-state index contributed by atoms with van der Waals surface area (Å²) < 4.78 is 0. The molecular weight excluding hydrogens is 162 g/mol. The van der Waals surface area contributed by atoms with Gasteiger partial charge in [0, 0.05) is 24.5 Å². The maximum absolute atomic E-state index is 9.62. The number of likely N-dealkylation sites (tertiary alicyclic amines) is 1. The number of nitrogens with zero attached hydrogens (tertiary/aromatic N) is 1. The zero-order valence-corrected chi connectivity index (χ0v) is 8.75. The molecule has 2 aliphatic rings. The van der Waals surface area contributed by atoms with E-state index >= 15 is 0 Å². The van der Waals surface area contributed by atoms with Crippen LogP contribution in [0.5, 0.6) is 0 Å². The largest absolute Gasteiger partial charge is 0.512 e. The van der Waals surface area contributed by atoms with Crippen molar-refractivity contribution in [3.05, 3.63) is 11.8 Å². The van der Waals surface area contributed by atoms with Crippen LogP contribution in [0.4, 0.5) is 0 Å². The standard InChI is InChI=1S/C11H19NO/c1-11(2,3)12-6-8-4-5-10(13)9(8)7-12/h5,8-9,13H,4,6-7H2,1-3H3/t8-,9-/m1/s1. The minimum absolute atomic E-state index is 0.255. The Labute approximate surface area is 80.2 Å². The lowest BCUT2D eigenvalue weighted by Crippen LogP contribution is -2.40. The van der Waals surface area contributed by atoms with E-state index in [1.54, 1.807) is 0 Å². The highest BCUT2D eigenvalue weighted by atomic mass is 16.3. The molecule has 1 saturated heterocycles. The Morgan fingerprint density at radius 1 is 1.38 bits per heavy atom. The van der Waals surface area contributed by atoms with E-state index in [0.29, 0.717) is 17.6 Å². The van der Waals surface area contributed by atoms with Gasteiger partial charge in [0.1, 0.15) is 0 Å². The Bertz CT molecular complexity index is 239. The van der Waals surface area contributed by atoms with Crippen LogP contribution in [0.2, 0.25) is 0 Å². The molecule has 2 nitrogen and oxygen atoms in total. The average Bonchev–Trinajstić information content (AvgIpc) is 2.51. The third-order valence-electron chi connectivity index (χ3n) is 3.40. The van der Waals surface area contributed by atoms with E-state index in [1.807, 2.05) is 6.08 Å². The molecule has 0 radical (unpaired) electrons. The van der Waals surface area contributed by atoms with Gasteiger partial charge in [0.15, 0.2) is 0 Å². The van der Waals surface area contributed by atoms with Gasteiger partial charge in [-0.15, -0.1) is 0 Å². The Morgan fingerprint density at radius 3 is 2.62 bits per heavy atom. The summed E-state index contributed by atoms with van der Waals surface area (Å²) in [5.74, 6) is 1.75. The molecule has 2 atom stereocenters. The minimum Gasteiger partial charge on any atom is -0.512 e. The summed E-state index contributed by atoms with van der Waals surface area (Å²) in [7, 11) is 0. The van der Waals surface area contributed by atoms with E-state index in [4.69, 9.17) is 0 Å². The van der Waals surface area contributed by atoms with E-state index in [-0.39, 0.29) is 5.54 Å². The third kappa shape index (κ3) is 1.48. The molecule has 2 rings (SSSR count). The zero-order valence-electron chi connectivity index (χ0n) is 8.75. The lowest BCUT2D eigenvalue weighted by molar-refractivity contribution is 0.162. The van der Waals surface area contributed by atoms with Crippen LogP contribution in [-0.4, -0.2) is 28.6 Å². The fraction of sp³-hybridized carbons (Fsp3) is 0.818.